The van der Waals surface area contributed by atoms with Crippen LogP contribution >= 0.6 is 0 Å². The molecule has 2 N–H and O–H groups in total. The molecule has 1 aromatic rings. The first-order valence-corrected chi connectivity index (χ1v) is 10.8. The third-order valence-electron chi connectivity index (χ3n) is 5.70. The summed E-state index contributed by atoms with van der Waals surface area (Å²) < 4.78 is 26.9. The van der Waals surface area contributed by atoms with E-state index in [1.807, 2.05) is 0 Å². The van der Waals surface area contributed by atoms with Gasteiger partial charge in [-0.25, -0.2) is 13.2 Å². The maximum Gasteiger partial charge on any atom is 0.322 e. The Balaban J connectivity index is 1.49. The Morgan fingerprint density at radius 1 is 1.04 bits per heavy atom. The highest BCUT2D eigenvalue weighted by molar-refractivity contribution is 7.89. The monoisotopic (exact) mass is 406 g/mol. The lowest BCUT2D eigenvalue weighted by Crippen LogP contribution is -2.55. The second-order valence-corrected chi connectivity index (χ2v) is 9.36. The number of hydrogen-bond acceptors (Lipinski definition) is 5. The molecule has 0 aromatic heterocycles. The maximum atomic E-state index is 12.9. The van der Waals surface area contributed by atoms with Crippen LogP contribution in [0.15, 0.2) is 29.2 Å². The molecule has 28 heavy (non-hydrogen) atoms. The van der Waals surface area contributed by atoms with Gasteiger partial charge >= 0.3 is 6.03 Å². The van der Waals surface area contributed by atoms with E-state index in [9.17, 15) is 22.8 Å². The summed E-state index contributed by atoms with van der Waals surface area (Å²) in [6.07, 6.45) is 2.33. The molecule has 4 rings (SSSR count). The van der Waals surface area contributed by atoms with Gasteiger partial charge in [-0.3, -0.25) is 14.9 Å². The molecule has 9 nitrogen and oxygen atoms in total. The van der Waals surface area contributed by atoms with Crippen LogP contribution in [0.2, 0.25) is 0 Å². The van der Waals surface area contributed by atoms with E-state index in [4.69, 9.17) is 0 Å². The number of nitrogens with zero attached hydrogens (tertiary/aromatic N) is 2. The summed E-state index contributed by atoms with van der Waals surface area (Å²) in [4.78, 5) is 38.0. The number of hydrogen-bond donors (Lipinski definition) is 2. The van der Waals surface area contributed by atoms with Gasteiger partial charge in [0.25, 0.3) is 11.8 Å². The van der Waals surface area contributed by atoms with E-state index in [-0.39, 0.29) is 16.7 Å². The van der Waals surface area contributed by atoms with Crippen LogP contribution in [0.1, 0.15) is 36.0 Å². The zero-order valence-corrected chi connectivity index (χ0v) is 16.1. The molecule has 4 amide bonds. The second-order valence-electron chi connectivity index (χ2n) is 7.42. The lowest BCUT2D eigenvalue weighted by Gasteiger charge is -2.37. The van der Waals surface area contributed by atoms with Crippen molar-refractivity contribution in [3.63, 3.8) is 0 Å². The highest BCUT2D eigenvalue weighted by Gasteiger charge is 2.48. The summed E-state index contributed by atoms with van der Waals surface area (Å²) in [6.45, 7) is 1.61. The van der Waals surface area contributed by atoms with Gasteiger partial charge in [-0.1, -0.05) is 6.07 Å². The summed E-state index contributed by atoms with van der Waals surface area (Å²) in [5.74, 6) is -0.638. The topological polar surface area (TPSA) is 116 Å². The van der Waals surface area contributed by atoms with E-state index in [0.29, 0.717) is 44.6 Å². The molecule has 10 heteroatoms. The molecule has 3 saturated heterocycles. The van der Waals surface area contributed by atoms with Crippen molar-refractivity contribution in [1.82, 2.24) is 19.8 Å². The fourth-order valence-electron chi connectivity index (χ4n) is 4.02. The molecule has 3 heterocycles. The molecule has 1 aromatic carbocycles. The maximum absolute atomic E-state index is 12.9. The molecule has 0 bridgehead atoms. The molecule has 3 fully saturated rings. The summed E-state index contributed by atoms with van der Waals surface area (Å²) >= 11 is 0. The van der Waals surface area contributed by atoms with Gasteiger partial charge in [-0.2, -0.15) is 4.31 Å². The number of imide groups is 1. The molecule has 150 valence electrons. The molecule has 0 saturated carbocycles. The number of piperidine rings is 1. The van der Waals surface area contributed by atoms with Crippen LogP contribution in [0.3, 0.4) is 0 Å². The summed E-state index contributed by atoms with van der Waals surface area (Å²) in [5.41, 5.74) is -0.648. The minimum atomic E-state index is -3.59. The van der Waals surface area contributed by atoms with Gasteiger partial charge in [0.05, 0.1) is 4.90 Å². The molecular weight excluding hydrogens is 384 g/mol. The van der Waals surface area contributed by atoms with Gasteiger partial charge in [0, 0.05) is 31.7 Å². The smallest absolute Gasteiger partial charge is 0.322 e. The minimum Gasteiger partial charge on any atom is -0.338 e. The number of carbonyl (C=O) groups is 3. The highest BCUT2D eigenvalue weighted by Crippen LogP contribution is 2.27. The highest BCUT2D eigenvalue weighted by atomic mass is 32.2. The predicted molar refractivity (Wildman–Crippen MR) is 99.0 cm³/mol. The van der Waals surface area contributed by atoms with Crippen molar-refractivity contribution in [1.29, 1.82) is 0 Å². The van der Waals surface area contributed by atoms with Crippen molar-refractivity contribution in [2.24, 2.45) is 0 Å². The average Bonchev–Trinajstić information content (AvgIpc) is 3.31. The number of carbonyl (C=O) groups excluding carboxylic acids is 3. The van der Waals surface area contributed by atoms with Crippen LogP contribution < -0.4 is 10.6 Å². The summed E-state index contributed by atoms with van der Waals surface area (Å²) in [5, 5.41) is 4.90. The second kappa shape index (κ2) is 6.85. The van der Waals surface area contributed by atoms with Crippen LogP contribution in [-0.2, 0) is 14.8 Å². The fourth-order valence-corrected chi connectivity index (χ4v) is 5.58. The van der Waals surface area contributed by atoms with Crippen molar-refractivity contribution in [2.45, 2.75) is 36.1 Å². The van der Waals surface area contributed by atoms with E-state index in [2.05, 4.69) is 10.6 Å². The normalized spacial score (nSPS) is 22.4. The van der Waals surface area contributed by atoms with Gasteiger partial charge in [0.1, 0.15) is 5.54 Å². The number of rotatable bonds is 3. The van der Waals surface area contributed by atoms with E-state index in [0.717, 1.165) is 12.8 Å². The van der Waals surface area contributed by atoms with Crippen LogP contribution in [0.5, 0.6) is 0 Å². The molecule has 0 radical (unpaired) electrons. The van der Waals surface area contributed by atoms with E-state index in [1.165, 1.54) is 16.4 Å². The van der Waals surface area contributed by atoms with E-state index < -0.39 is 21.6 Å². The Kier molecular flexibility index (Phi) is 4.62. The van der Waals surface area contributed by atoms with Crippen molar-refractivity contribution in [3.05, 3.63) is 29.8 Å². The Morgan fingerprint density at radius 3 is 2.32 bits per heavy atom. The SMILES string of the molecule is O=C1NC(=O)C2(CCN(C(=O)c3cccc(S(=O)(=O)N4CCCC4)c3)CC2)N1. The molecular formula is C18H22N4O5S. The fraction of sp³-hybridized carbons (Fsp3) is 0.500. The first kappa shape index (κ1) is 18.9. The standard InChI is InChI=1S/C18H22N4O5S/c23-15(21-10-6-18(7-11-21)16(24)19-17(25)20-18)13-4-3-5-14(12-13)28(26,27)22-8-1-2-9-22/h3-5,12H,1-2,6-11H2,(H2,19,20,24,25). The summed E-state index contributed by atoms with van der Waals surface area (Å²) in [7, 11) is -3.59. The van der Waals surface area contributed by atoms with Crippen LogP contribution in [0.25, 0.3) is 0 Å². The molecule has 0 unspecified atom stereocenters. The molecule has 3 aliphatic rings. The van der Waals surface area contributed by atoms with E-state index >= 15 is 0 Å². The Labute approximate surface area is 163 Å². The zero-order chi connectivity index (χ0) is 19.9. The van der Waals surface area contributed by atoms with E-state index in [1.54, 1.807) is 17.0 Å². The first-order chi connectivity index (χ1) is 13.3. The predicted octanol–water partition coefficient (Wildman–Crippen LogP) is 0.285. The first-order valence-electron chi connectivity index (χ1n) is 9.35. The third-order valence-corrected chi connectivity index (χ3v) is 7.60. The van der Waals surface area contributed by atoms with Gasteiger partial charge in [0.2, 0.25) is 10.0 Å². The van der Waals surface area contributed by atoms with Gasteiger partial charge in [-0.05, 0) is 43.9 Å². The number of nitrogens with one attached hydrogen (secondary N) is 2. The number of likely N-dealkylation sites (tertiary alicyclic amines) is 1. The largest absolute Gasteiger partial charge is 0.338 e. The Bertz CT molecular complexity index is 931. The summed E-state index contributed by atoms with van der Waals surface area (Å²) in [6, 6.07) is 5.59. The van der Waals surface area contributed by atoms with Gasteiger partial charge < -0.3 is 10.2 Å². The van der Waals surface area contributed by atoms with Crippen LogP contribution in [0.4, 0.5) is 4.79 Å². The quantitative estimate of drug-likeness (QED) is 0.700. The Hall–Kier alpha value is -2.46. The number of benzene rings is 1. The molecule has 1 spiro atoms. The number of urea groups is 1. The minimum absolute atomic E-state index is 0.121. The molecule has 0 aliphatic carbocycles. The third kappa shape index (κ3) is 3.16. The lowest BCUT2D eigenvalue weighted by atomic mass is 9.87. The molecule has 0 atom stereocenters. The zero-order valence-electron chi connectivity index (χ0n) is 15.3. The van der Waals surface area contributed by atoms with Crippen LogP contribution in [-0.4, -0.2) is 67.2 Å². The van der Waals surface area contributed by atoms with Gasteiger partial charge in [0.15, 0.2) is 0 Å². The van der Waals surface area contributed by atoms with Gasteiger partial charge in [-0.15, -0.1) is 0 Å². The van der Waals surface area contributed by atoms with Crippen molar-refractivity contribution in [2.75, 3.05) is 26.2 Å². The average molecular weight is 406 g/mol. The molecule has 3 aliphatic heterocycles. The van der Waals surface area contributed by atoms with Crippen molar-refractivity contribution >= 4 is 27.9 Å². The van der Waals surface area contributed by atoms with Crippen LogP contribution in [0, 0.1) is 0 Å². The number of amides is 4. The van der Waals surface area contributed by atoms with Crippen molar-refractivity contribution in [3.8, 4) is 0 Å². The lowest BCUT2D eigenvalue weighted by molar-refractivity contribution is -0.125. The van der Waals surface area contributed by atoms with Crippen molar-refractivity contribution < 1.29 is 22.8 Å². The number of sulfonamides is 1. The Morgan fingerprint density at radius 2 is 1.71 bits per heavy atom.